The van der Waals surface area contributed by atoms with Crippen LogP contribution in [0, 0.1) is 0 Å². The summed E-state index contributed by atoms with van der Waals surface area (Å²) in [5.74, 6) is -0.329. The van der Waals surface area contributed by atoms with Crippen LogP contribution >= 0.6 is 0 Å². The maximum Gasteiger partial charge on any atom is 0.214 e. The van der Waals surface area contributed by atoms with Crippen molar-refractivity contribution in [3.05, 3.63) is 0 Å². The van der Waals surface area contributed by atoms with E-state index < -0.39 is 0 Å². The van der Waals surface area contributed by atoms with Crippen LogP contribution in [0.25, 0.3) is 0 Å². The van der Waals surface area contributed by atoms with Crippen molar-refractivity contribution in [3.8, 4) is 0 Å². The Hall–Kier alpha value is -0.530. The second kappa shape index (κ2) is 0.875. The number of amides is 1. The van der Waals surface area contributed by atoms with Crippen LogP contribution in [0.15, 0.2) is 0 Å². The number of hydrogen-bond donors (Lipinski definition) is 1. The highest BCUT2D eigenvalue weighted by Crippen LogP contribution is 1.33. The molecule has 0 fully saturated rings. The molecule has 0 aromatic carbocycles. The normalized spacial score (nSPS) is 8.75. The standard InChI is InChI=1S/C2H5NO/c1-2(3)4/h1H3,(H2,3,4)/i/hT. The van der Waals surface area contributed by atoms with Gasteiger partial charge in [0.05, 0.1) is 0 Å². The molecule has 4 heavy (non-hydrogen) atoms. The van der Waals surface area contributed by atoms with Crippen LogP contribution in [0.5, 0.6) is 0 Å². The van der Waals surface area contributed by atoms with Crippen LogP contribution < -0.4 is 5.73 Å². The lowest BCUT2D eigenvalue weighted by Gasteiger charge is -1.60. The van der Waals surface area contributed by atoms with Gasteiger partial charge in [0, 0.05) is 6.92 Å². The third-order valence-corrected chi connectivity index (χ3v) is 0. The summed E-state index contributed by atoms with van der Waals surface area (Å²) < 4.78 is 6.06. The molecule has 24 valence electrons. The molecule has 1 amide bonds. The average Bonchev–Trinajstić information content (AvgIpc) is 1.38. The maximum absolute atomic E-state index is 9.51. The van der Waals surface area contributed by atoms with Crippen molar-refractivity contribution in [1.82, 2.24) is 0 Å². The Morgan fingerprint density at radius 2 is 2.75 bits per heavy atom. The van der Waals surface area contributed by atoms with Crippen LogP contribution in [0.1, 0.15) is 6.92 Å². The topological polar surface area (TPSA) is 43.1 Å². The van der Waals surface area contributed by atoms with Crippen molar-refractivity contribution in [3.63, 3.8) is 0 Å². The Labute approximate surface area is 26.1 Å². The quantitative estimate of drug-likeness (QED) is 0.403. The first kappa shape index (κ1) is 1.76. The lowest BCUT2D eigenvalue weighted by atomic mass is 10.8. The molecule has 0 aliphatic heterocycles. The summed E-state index contributed by atoms with van der Waals surface area (Å²) in [5.41, 5.74) is 1.64. The number of rotatable bonds is 0. The van der Waals surface area contributed by atoms with Gasteiger partial charge in [0.25, 0.3) is 0 Å². The van der Waals surface area contributed by atoms with E-state index in [1.165, 1.54) is 6.92 Å². The van der Waals surface area contributed by atoms with Crippen molar-refractivity contribution < 1.29 is 6.21 Å². The fourth-order valence-electron chi connectivity index (χ4n) is 0. The van der Waals surface area contributed by atoms with Gasteiger partial charge in [0.1, 0.15) is 0 Å². The number of carbonyl (C=O) groups is 1. The third kappa shape index (κ3) is 1.16. The zero-order valence-electron chi connectivity index (χ0n) is 3.41. The molecule has 0 saturated heterocycles. The van der Waals surface area contributed by atoms with E-state index in [1.807, 2.05) is 0 Å². The summed E-state index contributed by atoms with van der Waals surface area (Å²) in [6.07, 6.45) is 0. The first-order valence-electron chi connectivity index (χ1n) is 1.45. The van der Waals surface area contributed by atoms with Gasteiger partial charge in [-0.25, -0.2) is 0 Å². The molecule has 0 aliphatic carbocycles. The highest BCUT2D eigenvalue weighted by Gasteiger charge is 1.61. The molecule has 0 aromatic rings. The van der Waals surface area contributed by atoms with E-state index >= 15 is 0 Å². The SMILES string of the molecule is [3H]NC(C)=O. The first-order valence-corrected chi connectivity index (χ1v) is 0.954. The summed E-state index contributed by atoms with van der Waals surface area (Å²) in [7, 11) is 0. The fourth-order valence-corrected chi connectivity index (χ4v) is 0. The second-order valence-corrected chi connectivity index (χ2v) is 0.556. The molecule has 0 rings (SSSR count). The van der Waals surface area contributed by atoms with Gasteiger partial charge in [-0.2, -0.15) is 0 Å². The average molecular weight is 61.1 g/mol. The van der Waals surface area contributed by atoms with E-state index in [4.69, 9.17) is 1.41 Å². The van der Waals surface area contributed by atoms with Crippen molar-refractivity contribution in [2.45, 2.75) is 6.92 Å². The molecule has 0 bridgehead atoms. The molecular weight excluding hydrogens is 54.0 g/mol. The molecule has 0 aliphatic rings. The van der Waals surface area contributed by atoms with Crippen LogP contribution in [-0.2, 0) is 4.79 Å². The molecule has 0 unspecified atom stereocenters. The zero-order chi connectivity index (χ0) is 4.28. The van der Waals surface area contributed by atoms with Gasteiger partial charge in [-0.1, -0.05) is 0 Å². The summed E-state index contributed by atoms with van der Waals surface area (Å²) in [6.45, 7) is 1.28. The number of nitrogens with two attached hydrogens (primary N) is 1. The molecule has 2 N–H and O–H groups in total. The third-order valence-electron chi connectivity index (χ3n) is 0. The van der Waals surface area contributed by atoms with E-state index in [1.54, 1.807) is 5.73 Å². The minimum atomic E-state index is -0.329. The lowest BCUT2D eigenvalue weighted by molar-refractivity contribution is -0.115. The summed E-state index contributed by atoms with van der Waals surface area (Å²) in [4.78, 5) is 9.51. The van der Waals surface area contributed by atoms with Crippen molar-refractivity contribution >= 4 is 5.91 Å². The Kier molecular flexibility index (Phi) is 0.385. The monoisotopic (exact) mass is 61.0 g/mol. The van der Waals surface area contributed by atoms with Crippen LogP contribution in [-0.4, -0.2) is 5.91 Å². The molecule has 0 saturated carbocycles. The summed E-state index contributed by atoms with van der Waals surface area (Å²) >= 11 is 0. The molecule has 2 nitrogen and oxygen atoms in total. The first-order chi connectivity index (χ1) is 2.27. The van der Waals surface area contributed by atoms with Crippen molar-refractivity contribution in [2.24, 2.45) is 5.73 Å². The van der Waals surface area contributed by atoms with Gasteiger partial charge in [-0.3, -0.25) is 4.79 Å². The van der Waals surface area contributed by atoms with Crippen molar-refractivity contribution in [1.29, 1.82) is 0 Å². The summed E-state index contributed by atoms with van der Waals surface area (Å²) in [6, 6.07) is 0. The molecule has 0 aromatic heterocycles. The number of hydrogen-bond acceptors (Lipinski definition) is 1. The van der Waals surface area contributed by atoms with Crippen LogP contribution in [0.2, 0.25) is 1.41 Å². The minimum Gasteiger partial charge on any atom is -0.370 e. The highest BCUT2D eigenvalue weighted by atomic mass is 16.1. The molecular formula is C2H5NO. The molecule has 2 heteroatoms. The van der Waals surface area contributed by atoms with Gasteiger partial charge in [0.15, 0.2) is 1.41 Å². The smallest absolute Gasteiger partial charge is 0.214 e. The van der Waals surface area contributed by atoms with E-state index in [-0.39, 0.29) is 5.91 Å². The molecule has 0 spiro atoms. The predicted octanol–water partition coefficient (Wildman–Crippen LogP) is -0.508. The van der Waals surface area contributed by atoms with Crippen LogP contribution in [0.3, 0.4) is 0 Å². The lowest BCUT2D eigenvalue weighted by Crippen LogP contribution is -2.01. The molecule has 0 heterocycles. The van der Waals surface area contributed by atoms with E-state index in [9.17, 15) is 4.79 Å². The van der Waals surface area contributed by atoms with E-state index in [0.717, 1.165) is 0 Å². The van der Waals surface area contributed by atoms with Gasteiger partial charge < -0.3 is 5.73 Å². The predicted molar refractivity (Wildman–Crippen MR) is 14.9 cm³/mol. The Balaban J connectivity index is 2.85. The van der Waals surface area contributed by atoms with Gasteiger partial charge in [0.2, 0.25) is 5.91 Å². The number of primary amides is 1. The highest BCUT2D eigenvalue weighted by molar-refractivity contribution is 5.70. The second-order valence-electron chi connectivity index (χ2n) is 0.556. The largest absolute Gasteiger partial charge is 0.370 e. The van der Waals surface area contributed by atoms with Gasteiger partial charge in [-0.05, 0) is 0 Å². The fraction of sp³-hybridized carbons (Fsp3) is 0.500. The van der Waals surface area contributed by atoms with Gasteiger partial charge >= 0.3 is 0 Å². The van der Waals surface area contributed by atoms with Crippen LogP contribution in [0.4, 0.5) is 0 Å². The summed E-state index contributed by atoms with van der Waals surface area (Å²) in [5, 5.41) is 0. The van der Waals surface area contributed by atoms with E-state index in [0.29, 0.717) is 0 Å². The Morgan fingerprint density at radius 1 is 2.50 bits per heavy atom. The van der Waals surface area contributed by atoms with Crippen molar-refractivity contribution in [2.75, 3.05) is 0 Å². The Bertz CT molecular complexity index is 44.9. The zero-order valence-corrected chi connectivity index (χ0v) is 2.41. The molecule has 0 radical (unpaired) electrons. The number of carbonyl (C=O) groups excluding carboxylic acids is 1. The van der Waals surface area contributed by atoms with E-state index in [2.05, 4.69) is 0 Å². The molecule has 0 atom stereocenters. The Morgan fingerprint density at radius 3 is 2.75 bits per heavy atom. The minimum absolute atomic E-state index is 0.329. The van der Waals surface area contributed by atoms with Gasteiger partial charge in [-0.15, -0.1) is 0 Å². The maximum atomic E-state index is 9.51.